The average Bonchev–Trinajstić information content (AvgIpc) is 3.03. The number of benzene rings is 1. The van der Waals surface area contributed by atoms with Crippen LogP contribution in [0.1, 0.15) is 30.0 Å². The van der Waals surface area contributed by atoms with Crippen LogP contribution in [0.15, 0.2) is 58.4 Å². The molecule has 1 aliphatic rings. The molecule has 1 fully saturated rings. The van der Waals surface area contributed by atoms with Crippen LogP contribution in [-0.2, 0) is 20.6 Å². The molecule has 0 radical (unpaired) electrons. The number of pyridine rings is 1. The number of nitrogens with zero attached hydrogens (tertiary/aromatic N) is 5. The van der Waals surface area contributed by atoms with Gasteiger partial charge < -0.3 is 4.98 Å². The van der Waals surface area contributed by atoms with E-state index in [4.69, 9.17) is 4.98 Å². The highest BCUT2D eigenvalue weighted by Gasteiger charge is 2.23. The molecule has 4 heterocycles. The maximum absolute atomic E-state index is 12.2. The number of hydrogen-bond donors (Lipinski definition) is 1. The molecule has 0 atom stereocenters. The van der Waals surface area contributed by atoms with Gasteiger partial charge in [0.25, 0.3) is 5.56 Å². The molecule has 3 aromatic heterocycles. The molecular formula is C24H26N6O2. The fourth-order valence-corrected chi connectivity index (χ4v) is 4.63. The topological polar surface area (TPSA) is 88.8 Å². The number of piperidine rings is 1. The van der Waals surface area contributed by atoms with E-state index >= 15 is 0 Å². The third-order valence-electron chi connectivity index (χ3n) is 6.46. The fraction of sp³-hybridized carbons (Fsp3) is 0.333. The van der Waals surface area contributed by atoms with Gasteiger partial charge in [-0.2, -0.15) is 0 Å². The third kappa shape index (κ3) is 3.78. The lowest BCUT2D eigenvalue weighted by molar-refractivity contribution is 0.203. The van der Waals surface area contributed by atoms with E-state index in [1.54, 1.807) is 34.6 Å². The van der Waals surface area contributed by atoms with Crippen molar-refractivity contribution in [3.63, 3.8) is 0 Å². The summed E-state index contributed by atoms with van der Waals surface area (Å²) in [6.45, 7) is 2.72. The molecule has 32 heavy (non-hydrogen) atoms. The monoisotopic (exact) mass is 430 g/mol. The van der Waals surface area contributed by atoms with Crippen LogP contribution >= 0.6 is 0 Å². The second-order valence-electron chi connectivity index (χ2n) is 8.53. The summed E-state index contributed by atoms with van der Waals surface area (Å²) >= 11 is 0. The number of aryl methyl sites for hydroxylation is 2. The summed E-state index contributed by atoms with van der Waals surface area (Å²) in [5.74, 6) is 0.866. The Bertz CT molecular complexity index is 1380. The molecule has 164 valence electrons. The van der Waals surface area contributed by atoms with Crippen molar-refractivity contribution in [2.75, 3.05) is 13.1 Å². The standard InChI is InChI=1S/C24H26N6O2/c1-28-20-4-3-16(13-21(20)29(2)24(28)32)15-30-11-7-17(8-12-30)19-14-22(31)27-23(26-19)18-5-9-25-10-6-18/h3-6,9-10,13-14,17H,7-8,11-12,15H2,1-2H3,(H,26,27,31). The van der Waals surface area contributed by atoms with Crippen molar-refractivity contribution < 1.29 is 0 Å². The highest BCUT2D eigenvalue weighted by atomic mass is 16.1. The van der Waals surface area contributed by atoms with Crippen LogP contribution in [0.25, 0.3) is 22.4 Å². The third-order valence-corrected chi connectivity index (χ3v) is 6.46. The number of imidazole rings is 1. The Labute approximate surface area is 185 Å². The summed E-state index contributed by atoms with van der Waals surface area (Å²) in [6, 6.07) is 11.6. The van der Waals surface area contributed by atoms with Crippen LogP contribution in [-0.4, -0.2) is 42.1 Å². The van der Waals surface area contributed by atoms with Crippen molar-refractivity contribution in [2.45, 2.75) is 25.3 Å². The SMILES string of the molecule is Cn1c(=O)n(C)c2cc(CN3CCC(c4cc(=O)[nH]c(-c5ccncc5)n4)CC3)ccc21. The Morgan fingerprint density at radius 2 is 1.69 bits per heavy atom. The molecule has 0 amide bonds. The summed E-state index contributed by atoms with van der Waals surface area (Å²) in [7, 11) is 3.62. The number of hydrogen-bond acceptors (Lipinski definition) is 5. The lowest BCUT2D eigenvalue weighted by atomic mass is 9.93. The smallest absolute Gasteiger partial charge is 0.307 e. The summed E-state index contributed by atoms with van der Waals surface area (Å²) in [5, 5.41) is 0. The summed E-state index contributed by atoms with van der Waals surface area (Å²) in [5.41, 5.74) is 4.71. The van der Waals surface area contributed by atoms with Gasteiger partial charge in [-0.25, -0.2) is 9.78 Å². The minimum absolute atomic E-state index is 0.00514. The van der Waals surface area contributed by atoms with E-state index in [1.807, 2.05) is 25.2 Å². The molecule has 0 aliphatic carbocycles. The highest BCUT2D eigenvalue weighted by Crippen LogP contribution is 2.28. The predicted octanol–water partition coefficient (Wildman–Crippen LogP) is 2.40. The van der Waals surface area contributed by atoms with Gasteiger partial charge in [0, 0.05) is 50.6 Å². The van der Waals surface area contributed by atoms with E-state index in [0.717, 1.165) is 54.8 Å². The van der Waals surface area contributed by atoms with Crippen molar-refractivity contribution in [2.24, 2.45) is 14.1 Å². The zero-order chi connectivity index (χ0) is 22.2. The quantitative estimate of drug-likeness (QED) is 0.537. The molecule has 4 aromatic rings. The predicted molar refractivity (Wildman–Crippen MR) is 124 cm³/mol. The van der Waals surface area contributed by atoms with E-state index in [-0.39, 0.29) is 17.2 Å². The van der Waals surface area contributed by atoms with E-state index in [1.165, 1.54) is 5.56 Å². The van der Waals surface area contributed by atoms with Crippen LogP contribution in [0.5, 0.6) is 0 Å². The van der Waals surface area contributed by atoms with Crippen molar-refractivity contribution in [3.8, 4) is 11.4 Å². The molecule has 5 rings (SSSR count). The number of likely N-dealkylation sites (tertiary alicyclic amines) is 1. The van der Waals surface area contributed by atoms with Crippen molar-refractivity contribution in [1.29, 1.82) is 0 Å². The number of nitrogens with one attached hydrogen (secondary N) is 1. The number of aromatic nitrogens is 5. The van der Waals surface area contributed by atoms with Crippen molar-refractivity contribution in [1.82, 2.24) is 29.0 Å². The van der Waals surface area contributed by atoms with E-state index in [9.17, 15) is 9.59 Å². The Kier molecular flexibility index (Phi) is 5.22. The zero-order valence-electron chi connectivity index (χ0n) is 18.3. The minimum atomic E-state index is -0.119. The fourth-order valence-electron chi connectivity index (χ4n) is 4.63. The van der Waals surface area contributed by atoms with Crippen LogP contribution in [0.4, 0.5) is 0 Å². The number of rotatable bonds is 4. The Morgan fingerprint density at radius 3 is 2.44 bits per heavy atom. The van der Waals surface area contributed by atoms with Crippen LogP contribution in [0, 0.1) is 0 Å². The molecule has 0 unspecified atom stereocenters. The van der Waals surface area contributed by atoms with Gasteiger partial charge in [0.2, 0.25) is 0 Å². The maximum atomic E-state index is 12.2. The molecule has 0 spiro atoms. The first kappa shape index (κ1) is 20.4. The van der Waals surface area contributed by atoms with E-state index in [0.29, 0.717) is 5.82 Å². The summed E-state index contributed by atoms with van der Waals surface area (Å²) < 4.78 is 3.38. The molecule has 0 bridgehead atoms. The van der Waals surface area contributed by atoms with Crippen LogP contribution < -0.4 is 11.2 Å². The summed E-state index contributed by atoms with van der Waals surface area (Å²) in [4.78, 5) is 38.5. The van der Waals surface area contributed by atoms with Crippen molar-refractivity contribution >= 4 is 11.0 Å². The Morgan fingerprint density at radius 1 is 0.969 bits per heavy atom. The van der Waals surface area contributed by atoms with Crippen molar-refractivity contribution in [3.05, 3.63) is 80.9 Å². The first-order chi connectivity index (χ1) is 15.5. The Balaban J connectivity index is 1.29. The van der Waals surface area contributed by atoms with Gasteiger partial charge in [-0.05, 0) is 55.8 Å². The first-order valence-electron chi connectivity index (χ1n) is 10.9. The second kappa shape index (κ2) is 8.20. The second-order valence-corrected chi connectivity index (χ2v) is 8.53. The molecule has 8 nitrogen and oxygen atoms in total. The minimum Gasteiger partial charge on any atom is -0.307 e. The first-order valence-corrected chi connectivity index (χ1v) is 10.9. The van der Waals surface area contributed by atoms with E-state index < -0.39 is 0 Å². The zero-order valence-corrected chi connectivity index (χ0v) is 18.3. The van der Waals surface area contributed by atoms with Gasteiger partial charge >= 0.3 is 5.69 Å². The number of H-pyrrole nitrogens is 1. The molecule has 1 N–H and O–H groups in total. The van der Waals surface area contributed by atoms with Crippen LogP contribution in [0.3, 0.4) is 0 Å². The van der Waals surface area contributed by atoms with Gasteiger partial charge in [0.15, 0.2) is 0 Å². The maximum Gasteiger partial charge on any atom is 0.328 e. The highest BCUT2D eigenvalue weighted by molar-refractivity contribution is 5.76. The van der Waals surface area contributed by atoms with Gasteiger partial charge in [0.1, 0.15) is 5.82 Å². The largest absolute Gasteiger partial charge is 0.328 e. The van der Waals surface area contributed by atoms with Gasteiger partial charge in [0.05, 0.1) is 16.7 Å². The average molecular weight is 431 g/mol. The summed E-state index contributed by atoms with van der Waals surface area (Å²) in [6.07, 6.45) is 5.31. The van der Waals surface area contributed by atoms with Gasteiger partial charge in [-0.3, -0.25) is 23.8 Å². The Hall–Kier alpha value is -3.52. The number of fused-ring (bicyclic) bond motifs is 1. The number of aromatic amines is 1. The van der Waals surface area contributed by atoms with Crippen LogP contribution in [0.2, 0.25) is 0 Å². The molecule has 1 aromatic carbocycles. The lowest BCUT2D eigenvalue weighted by Crippen LogP contribution is -2.33. The molecule has 1 saturated heterocycles. The lowest BCUT2D eigenvalue weighted by Gasteiger charge is -2.31. The molecule has 0 saturated carbocycles. The molecular weight excluding hydrogens is 404 g/mol. The normalized spacial score (nSPS) is 15.4. The van der Waals surface area contributed by atoms with Gasteiger partial charge in [-0.1, -0.05) is 6.07 Å². The molecule has 8 heteroatoms. The molecule has 1 aliphatic heterocycles. The van der Waals surface area contributed by atoms with Gasteiger partial charge in [-0.15, -0.1) is 0 Å². The van der Waals surface area contributed by atoms with E-state index in [2.05, 4.69) is 27.0 Å².